The van der Waals surface area contributed by atoms with Crippen LogP contribution in [0.25, 0.3) is 11.3 Å². The monoisotopic (exact) mass is 631 g/mol. The highest BCUT2D eigenvalue weighted by Gasteiger charge is 2.52. The highest BCUT2D eigenvalue weighted by molar-refractivity contribution is 7.92. The van der Waals surface area contributed by atoms with E-state index in [1.807, 2.05) is 36.9 Å². The van der Waals surface area contributed by atoms with Gasteiger partial charge < -0.3 is 14.5 Å². The number of aromatic nitrogens is 2. The molecule has 240 valence electrons. The summed E-state index contributed by atoms with van der Waals surface area (Å²) in [6.07, 6.45) is 3.75. The van der Waals surface area contributed by atoms with Crippen LogP contribution in [-0.2, 0) is 10.0 Å². The second-order valence-electron chi connectivity index (χ2n) is 14.0. The number of nitrogens with one attached hydrogen (secondary N) is 1. The number of ether oxygens (including phenoxy) is 1. The van der Waals surface area contributed by atoms with Gasteiger partial charge in [0.1, 0.15) is 6.61 Å². The fraction of sp³-hybridized carbons (Fsp3) is 0.514. The van der Waals surface area contributed by atoms with Crippen molar-refractivity contribution in [1.29, 1.82) is 0 Å². The van der Waals surface area contributed by atoms with Crippen molar-refractivity contribution >= 4 is 21.9 Å². The second-order valence-corrected chi connectivity index (χ2v) is 15.7. The minimum Gasteiger partial charge on any atom is -0.475 e. The Bertz CT molecular complexity index is 1680. The smallest absolute Gasteiger partial charge is 0.264 e. The summed E-state index contributed by atoms with van der Waals surface area (Å²) in [4.78, 5) is 28.1. The van der Waals surface area contributed by atoms with Gasteiger partial charge in [-0.1, -0.05) is 38.1 Å². The number of benzene rings is 2. The Kier molecular flexibility index (Phi) is 8.41. The third kappa shape index (κ3) is 6.31. The number of anilines is 1. The molecule has 9 nitrogen and oxygen atoms in total. The Balaban J connectivity index is 1.43. The first-order valence-electron chi connectivity index (χ1n) is 16.1. The van der Waals surface area contributed by atoms with Gasteiger partial charge in [0.05, 0.1) is 16.6 Å². The van der Waals surface area contributed by atoms with Gasteiger partial charge in [-0.05, 0) is 101 Å². The number of fused-ring (bicyclic) bond motifs is 4. The van der Waals surface area contributed by atoms with Crippen LogP contribution in [0.3, 0.4) is 0 Å². The average Bonchev–Trinajstić information content (AvgIpc) is 3.41. The van der Waals surface area contributed by atoms with E-state index in [0.29, 0.717) is 23.2 Å². The molecule has 3 aliphatic rings. The van der Waals surface area contributed by atoms with Gasteiger partial charge in [0.25, 0.3) is 15.9 Å². The first-order valence-corrected chi connectivity index (χ1v) is 17.6. The van der Waals surface area contributed by atoms with Crippen LogP contribution in [0.1, 0.15) is 74.9 Å². The first-order chi connectivity index (χ1) is 21.3. The molecular formula is C35H45N5O4S. The van der Waals surface area contributed by atoms with Crippen molar-refractivity contribution in [1.82, 2.24) is 19.8 Å². The largest absolute Gasteiger partial charge is 0.475 e. The van der Waals surface area contributed by atoms with Gasteiger partial charge in [0.15, 0.2) is 0 Å². The molecule has 1 aromatic heterocycles. The summed E-state index contributed by atoms with van der Waals surface area (Å²) in [5.41, 5.74) is 4.06. The van der Waals surface area contributed by atoms with Crippen molar-refractivity contribution in [3.63, 3.8) is 0 Å². The molecule has 3 heterocycles. The van der Waals surface area contributed by atoms with Gasteiger partial charge in [-0.2, -0.15) is 4.98 Å². The summed E-state index contributed by atoms with van der Waals surface area (Å²) in [5.74, 6) is 0.338. The predicted molar refractivity (Wildman–Crippen MR) is 176 cm³/mol. The summed E-state index contributed by atoms with van der Waals surface area (Å²) in [5, 5.41) is 0. The lowest BCUT2D eigenvalue weighted by molar-refractivity contribution is -0.0200. The van der Waals surface area contributed by atoms with Crippen LogP contribution in [-0.4, -0.2) is 71.9 Å². The molecule has 2 aromatic carbocycles. The molecular weight excluding hydrogens is 586 g/mol. The third-order valence-electron chi connectivity index (χ3n) is 9.78. The lowest BCUT2D eigenvalue weighted by Gasteiger charge is -2.52. The number of rotatable bonds is 5. The summed E-state index contributed by atoms with van der Waals surface area (Å²) in [6.45, 7) is 15.2. The maximum atomic E-state index is 14.4. The van der Waals surface area contributed by atoms with Crippen molar-refractivity contribution in [2.45, 2.75) is 90.2 Å². The fourth-order valence-electron chi connectivity index (χ4n) is 7.51. The molecule has 1 atom stereocenters. The zero-order chi connectivity index (χ0) is 32.1. The Morgan fingerprint density at radius 2 is 1.73 bits per heavy atom. The lowest BCUT2D eigenvalue weighted by Crippen LogP contribution is -2.58. The van der Waals surface area contributed by atoms with E-state index >= 15 is 0 Å². The number of sulfonamides is 1. The summed E-state index contributed by atoms with van der Waals surface area (Å²) < 4.78 is 36.3. The molecule has 2 fully saturated rings. The minimum absolute atomic E-state index is 0.00931. The predicted octanol–water partition coefficient (Wildman–Crippen LogP) is 6.07. The van der Waals surface area contributed by atoms with Crippen molar-refractivity contribution in [3.05, 3.63) is 65.2 Å². The maximum Gasteiger partial charge on any atom is 0.264 e. The van der Waals surface area contributed by atoms with Gasteiger partial charge in [0.2, 0.25) is 11.8 Å². The zero-order valence-corrected chi connectivity index (χ0v) is 28.0. The molecule has 2 aliphatic heterocycles. The number of carbonyl (C=O) groups excluding carboxylic acids is 1. The second kappa shape index (κ2) is 12.0. The van der Waals surface area contributed by atoms with Gasteiger partial charge in [-0.25, -0.2) is 18.1 Å². The van der Waals surface area contributed by atoms with Gasteiger partial charge in [0, 0.05) is 35.8 Å². The highest BCUT2D eigenvalue weighted by Crippen LogP contribution is 2.51. The molecule has 1 aliphatic carbocycles. The standard InChI is InChI=1S/C35H45N5O4S/c1-22(2)15-27-20-44-31-17-30(32-24(5)9-7-10-25(32)6)36-34(37-31)38-45(42,43)29-12-8-11-26(16-29)33(41)40(27)28-18-35(19-28)13-14-39(21-35)23(3)4/h7-12,16-17,22-23,27-28H,13-15,18-21H2,1-6H3,(H,36,37,38)/t27-,28-,35+/m1/s1. The van der Waals surface area contributed by atoms with E-state index in [4.69, 9.17) is 4.74 Å². The normalized spacial score (nSPS) is 24.9. The molecule has 45 heavy (non-hydrogen) atoms. The van der Waals surface area contributed by atoms with E-state index in [1.165, 1.54) is 12.1 Å². The molecule has 0 unspecified atom stereocenters. The quantitative estimate of drug-likeness (QED) is 0.364. The summed E-state index contributed by atoms with van der Waals surface area (Å²) >= 11 is 0. The van der Waals surface area contributed by atoms with E-state index in [0.717, 1.165) is 55.5 Å². The van der Waals surface area contributed by atoms with Crippen LogP contribution in [0.2, 0.25) is 0 Å². The molecule has 1 saturated carbocycles. The zero-order valence-electron chi connectivity index (χ0n) is 27.2. The van der Waals surface area contributed by atoms with Crippen molar-refractivity contribution < 1.29 is 17.9 Å². The molecule has 3 aromatic rings. The summed E-state index contributed by atoms with van der Waals surface area (Å²) in [7, 11) is -4.10. The Hall–Kier alpha value is -3.50. The number of carbonyl (C=O) groups is 1. The van der Waals surface area contributed by atoms with Crippen LogP contribution in [0.4, 0.5) is 5.95 Å². The molecule has 1 amide bonds. The van der Waals surface area contributed by atoms with Gasteiger partial charge in [-0.15, -0.1) is 0 Å². The fourth-order valence-corrected chi connectivity index (χ4v) is 8.50. The van der Waals surface area contributed by atoms with Crippen LogP contribution < -0.4 is 9.46 Å². The number of likely N-dealkylation sites (tertiary alicyclic amines) is 1. The van der Waals surface area contributed by atoms with Crippen molar-refractivity contribution in [2.75, 3.05) is 24.4 Å². The van der Waals surface area contributed by atoms with Crippen molar-refractivity contribution in [2.24, 2.45) is 11.3 Å². The number of nitrogens with zero attached hydrogens (tertiary/aromatic N) is 4. The number of hydrogen-bond donors (Lipinski definition) is 1. The number of aryl methyl sites for hydroxylation is 2. The Labute approximate surface area is 267 Å². The topological polar surface area (TPSA) is 105 Å². The molecule has 1 N–H and O–H groups in total. The van der Waals surface area contributed by atoms with E-state index in [2.05, 4.69) is 47.3 Å². The molecule has 4 bridgehead atoms. The highest BCUT2D eigenvalue weighted by atomic mass is 32.2. The van der Waals surface area contributed by atoms with Gasteiger partial charge >= 0.3 is 0 Å². The third-order valence-corrected chi connectivity index (χ3v) is 11.1. The van der Waals surface area contributed by atoms with Crippen LogP contribution >= 0.6 is 0 Å². The lowest BCUT2D eigenvalue weighted by atomic mass is 9.64. The Morgan fingerprint density at radius 3 is 2.40 bits per heavy atom. The maximum absolute atomic E-state index is 14.4. The van der Waals surface area contributed by atoms with E-state index in [9.17, 15) is 13.2 Å². The van der Waals surface area contributed by atoms with Crippen molar-refractivity contribution in [3.8, 4) is 17.1 Å². The summed E-state index contributed by atoms with van der Waals surface area (Å²) in [6, 6.07) is 14.4. The molecule has 10 heteroatoms. The SMILES string of the molecule is Cc1cccc(C)c1-c1cc2nc(n1)NS(=O)(=O)c1cccc(c1)C(=O)N([C@H]1C[C@]3(CCN(C(C)C)C3)C1)[C@H](CC(C)C)CO2. The molecule has 1 saturated heterocycles. The van der Waals surface area contributed by atoms with Crippen LogP contribution in [0, 0.1) is 25.2 Å². The number of hydrogen-bond acceptors (Lipinski definition) is 7. The van der Waals surface area contributed by atoms with E-state index < -0.39 is 10.0 Å². The van der Waals surface area contributed by atoms with Crippen LogP contribution in [0.15, 0.2) is 53.4 Å². The van der Waals surface area contributed by atoms with E-state index in [1.54, 1.807) is 18.2 Å². The van der Waals surface area contributed by atoms with Gasteiger partial charge in [-0.3, -0.25) is 4.79 Å². The van der Waals surface area contributed by atoms with Crippen LogP contribution in [0.5, 0.6) is 5.88 Å². The average molecular weight is 632 g/mol. The minimum atomic E-state index is -4.10. The Morgan fingerprint density at radius 1 is 1.02 bits per heavy atom. The molecule has 0 radical (unpaired) electrons. The number of amides is 1. The molecule has 6 rings (SSSR count). The first kappa shape index (κ1) is 31.5. The van der Waals surface area contributed by atoms with E-state index in [-0.39, 0.29) is 46.7 Å². The molecule has 1 spiro atoms.